The van der Waals surface area contributed by atoms with Crippen LogP contribution in [0.3, 0.4) is 0 Å². The third-order valence-electron chi connectivity index (χ3n) is 2.37. The van der Waals surface area contributed by atoms with E-state index in [1.165, 1.54) is 0 Å². The van der Waals surface area contributed by atoms with Crippen molar-refractivity contribution in [3.63, 3.8) is 0 Å². The molecule has 1 rings (SSSR count). The molecular weight excluding hydrogens is 156 g/mol. The zero-order valence-electron chi connectivity index (χ0n) is 7.83. The fourth-order valence-electron chi connectivity index (χ4n) is 1.48. The van der Waals surface area contributed by atoms with Gasteiger partial charge in [0.1, 0.15) is 6.10 Å². The molecule has 0 saturated carbocycles. The fourth-order valence-corrected chi connectivity index (χ4v) is 1.48. The van der Waals surface area contributed by atoms with E-state index in [1.807, 2.05) is 6.92 Å². The Balaban J connectivity index is 2.64. The van der Waals surface area contributed by atoms with Gasteiger partial charge >= 0.3 is 5.97 Å². The molecule has 0 radical (unpaired) electrons. The predicted octanol–water partition coefficient (Wildman–Crippen LogP) is 1.10. The van der Waals surface area contributed by atoms with Gasteiger partial charge in [0.05, 0.1) is 11.5 Å². The molecule has 3 heteroatoms. The quantitative estimate of drug-likeness (QED) is 0.634. The molecule has 0 amide bonds. The highest BCUT2D eigenvalue weighted by atomic mass is 16.6. The Bertz CT molecular complexity index is 181. The van der Waals surface area contributed by atoms with Crippen LogP contribution in [-0.4, -0.2) is 22.8 Å². The molecule has 1 N–H and O–H groups in total. The van der Waals surface area contributed by atoms with Gasteiger partial charge in [-0.1, -0.05) is 6.92 Å². The minimum atomic E-state index is -0.943. The topological polar surface area (TPSA) is 46.5 Å². The SMILES string of the molecule is CC[C@@H]1C[C@@H](C(C)(C)O)C(=O)O1. The molecule has 70 valence electrons. The zero-order valence-corrected chi connectivity index (χ0v) is 7.83. The summed E-state index contributed by atoms with van der Waals surface area (Å²) >= 11 is 0. The van der Waals surface area contributed by atoms with Gasteiger partial charge in [-0.25, -0.2) is 0 Å². The number of hydrogen-bond acceptors (Lipinski definition) is 3. The first-order valence-electron chi connectivity index (χ1n) is 4.38. The highest BCUT2D eigenvalue weighted by Crippen LogP contribution is 2.31. The van der Waals surface area contributed by atoms with Gasteiger partial charge in [-0.05, 0) is 20.3 Å². The van der Waals surface area contributed by atoms with Crippen LogP contribution in [0.4, 0.5) is 0 Å². The van der Waals surface area contributed by atoms with Crippen molar-refractivity contribution in [1.29, 1.82) is 0 Å². The highest BCUT2D eigenvalue weighted by molar-refractivity contribution is 5.75. The van der Waals surface area contributed by atoms with Crippen LogP contribution in [0, 0.1) is 5.92 Å². The van der Waals surface area contributed by atoms with Gasteiger partial charge in [-0.2, -0.15) is 0 Å². The van der Waals surface area contributed by atoms with Crippen molar-refractivity contribution in [2.45, 2.75) is 45.3 Å². The Labute approximate surface area is 72.7 Å². The molecule has 0 aliphatic carbocycles. The molecule has 2 atom stereocenters. The number of hydrogen-bond donors (Lipinski definition) is 1. The molecule has 1 aliphatic rings. The lowest BCUT2D eigenvalue weighted by molar-refractivity contribution is -0.149. The standard InChI is InChI=1S/C9H16O3/c1-4-6-5-7(8(10)12-6)9(2,3)11/h6-7,11H,4-5H2,1-3H3/t6-,7-/m1/s1. The molecule has 0 aromatic rings. The Morgan fingerprint density at radius 2 is 2.25 bits per heavy atom. The Kier molecular flexibility index (Phi) is 2.42. The number of carbonyl (C=O) groups excluding carboxylic acids is 1. The number of rotatable bonds is 2. The van der Waals surface area contributed by atoms with E-state index in [1.54, 1.807) is 13.8 Å². The Morgan fingerprint density at radius 3 is 2.50 bits per heavy atom. The van der Waals surface area contributed by atoms with Gasteiger partial charge in [0.2, 0.25) is 0 Å². The van der Waals surface area contributed by atoms with Crippen LogP contribution in [0.25, 0.3) is 0 Å². The van der Waals surface area contributed by atoms with Crippen molar-refractivity contribution >= 4 is 5.97 Å². The normalized spacial score (nSPS) is 30.5. The van der Waals surface area contributed by atoms with Crippen molar-refractivity contribution in [2.24, 2.45) is 5.92 Å². The lowest BCUT2D eigenvalue weighted by Crippen LogP contribution is -2.33. The maximum Gasteiger partial charge on any atom is 0.312 e. The predicted molar refractivity (Wildman–Crippen MR) is 44.6 cm³/mol. The number of ether oxygens (including phenoxy) is 1. The van der Waals surface area contributed by atoms with E-state index in [-0.39, 0.29) is 18.0 Å². The number of esters is 1. The van der Waals surface area contributed by atoms with E-state index < -0.39 is 5.60 Å². The summed E-state index contributed by atoms with van der Waals surface area (Å²) in [5, 5.41) is 9.60. The van der Waals surface area contributed by atoms with Crippen molar-refractivity contribution in [3.8, 4) is 0 Å². The minimum Gasteiger partial charge on any atom is -0.462 e. The number of aliphatic hydroxyl groups is 1. The second-order valence-corrected chi connectivity index (χ2v) is 3.91. The molecule has 1 saturated heterocycles. The van der Waals surface area contributed by atoms with Gasteiger partial charge < -0.3 is 9.84 Å². The molecule has 12 heavy (non-hydrogen) atoms. The van der Waals surface area contributed by atoms with Gasteiger partial charge in [-0.15, -0.1) is 0 Å². The summed E-state index contributed by atoms with van der Waals surface area (Å²) in [5.74, 6) is -0.600. The second kappa shape index (κ2) is 3.05. The smallest absolute Gasteiger partial charge is 0.312 e. The minimum absolute atomic E-state index is 0.00826. The summed E-state index contributed by atoms with van der Waals surface area (Å²) < 4.78 is 5.05. The van der Waals surface area contributed by atoms with Crippen molar-refractivity contribution in [1.82, 2.24) is 0 Å². The average Bonchev–Trinajstić information content (AvgIpc) is 2.29. The molecule has 0 spiro atoms. The van der Waals surface area contributed by atoms with E-state index in [2.05, 4.69) is 0 Å². The number of cyclic esters (lactones) is 1. The highest BCUT2D eigenvalue weighted by Gasteiger charge is 2.42. The maximum absolute atomic E-state index is 11.2. The van der Waals surface area contributed by atoms with Crippen molar-refractivity contribution in [3.05, 3.63) is 0 Å². The van der Waals surface area contributed by atoms with Crippen LogP contribution < -0.4 is 0 Å². The lowest BCUT2D eigenvalue weighted by atomic mass is 9.88. The molecule has 0 unspecified atom stereocenters. The van der Waals surface area contributed by atoms with E-state index in [0.717, 1.165) is 6.42 Å². The first-order valence-corrected chi connectivity index (χ1v) is 4.38. The summed E-state index contributed by atoms with van der Waals surface area (Å²) in [4.78, 5) is 11.2. The van der Waals surface area contributed by atoms with Crippen LogP contribution in [-0.2, 0) is 9.53 Å². The van der Waals surface area contributed by atoms with E-state index in [4.69, 9.17) is 4.74 Å². The first-order chi connectivity index (χ1) is 5.45. The molecule has 1 fully saturated rings. The Morgan fingerprint density at radius 1 is 1.67 bits per heavy atom. The van der Waals surface area contributed by atoms with Crippen molar-refractivity contribution in [2.75, 3.05) is 0 Å². The molecule has 0 aromatic heterocycles. The van der Waals surface area contributed by atoms with Crippen LogP contribution in [0.5, 0.6) is 0 Å². The monoisotopic (exact) mass is 172 g/mol. The fraction of sp³-hybridized carbons (Fsp3) is 0.889. The maximum atomic E-state index is 11.2. The third kappa shape index (κ3) is 1.78. The molecule has 0 bridgehead atoms. The summed E-state index contributed by atoms with van der Waals surface area (Å²) in [6.45, 7) is 5.28. The van der Waals surface area contributed by atoms with Crippen LogP contribution in [0.1, 0.15) is 33.6 Å². The van der Waals surface area contributed by atoms with Gasteiger partial charge in [0.25, 0.3) is 0 Å². The molecule has 0 aromatic carbocycles. The van der Waals surface area contributed by atoms with Crippen LogP contribution >= 0.6 is 0 Å². The summed E-state index contributed by atoms with van der Waals surface area (Å²) in [6.07, 6.45) is 1.49. The van der Waals surface area contributed by atoms with E-state index >= 15 is 0 Å². The summed E-state index contributed by atoms with van der Waals surface area (Å²) in [6, 6.07) is 0. The van der Waals surface area contributed by atoms with Crippen LogP contribution in [0.2, 0.25) is 0 Å². The zero-order chi connectivity index (χ0) is 9.35. The molecular formula is C9H16O3. The van der Waals surface area contributed by atoms with Gasteiger partial charge in [-0.3, -0.25) is 4.79 Å². The number of carbonyl (C=O) groups is 1. The second-order valence-electron chi connectivity index (χ2n) is 3.91. The first kappa shape index (κ1) is 9.52. The molecule has 3 nitrogen and oxygen atoms in total. The van der Waals surface area contributed by atoms with Crippen molar-refractivity contribution < 1.29 is 14.6 Å². The molecule has 1 heterocycles. The average molecular weight is 172 g/mol. The summed E-state index contributed by atoms with van der Waals surface area (Å²) in [5.41, 5.74) is -0.943. The molecule has 1 aliphatic heterocycles. The van der Waals surface area contributed by atoms with Crippen LogP contribution in [0.15, 0.2) is 0 Å². The largest absolute Gasteiger partial charge is 0.462 e. The van der Waals surface area contributed by atoms with Gasteiger partial charge in [0, 0.05) is 6.42 Å². The van der Waals surface area contributed by atoms with E-state index in [9.17, 15) is 9.90 Å². The van der Waals surface area contributed by atoms with E-state index in [0.29, 0.717) is 6.42 Å². The van der Waals surface area contributed by atoms with Gasteiger partial charge in [0.15, 0.2) is 0 Å². The Hall–Kier alpha value is -0.570. The summed E-state index contributed by atoms with van der Waals surface area (Å²) in [7, 11) is 0. The third-order valence-corrected chi connectivity index (χ3v) is 2.37. The lowest BCUT2D eigenvalue weighted by Gasteiger charge is -2.21.